The summed E-state index contributed by atoms with van der Waals surface area (Å²) in [4.78, 5) is 35.6. The first-order chi connectivity index (χ1) is 18.5. The molecule has 13 nitrogen and oxygen atoms in total. The summed E-state index contributed by atoms with van der Waals surface area (Å²) in [6, 6.07) is 6.59. The van der Waals surface area contributed by atoms with Crippen molar-refractivity contribution in [2.45, 2.75) is 19.4 Å². The minimum absolute atomic E-state index is 0.0868. The van der Waals surface area contributed by atoms with Gasteiger partial charge in [-0.2, -0.15) is 5.10 Å². The molecule has 3 aromatic rings. The van der Waals surface area contributed by atoms with Gasteiger partial charge < -0.3 is 31.1 Å². The lowest BCUT2D eigenvalue weighted by Crippen LogP contribution is -2.25. The van der Waals surface area contributed by atoms with E-state index < -0.39 is 19.0 Å². The lowest BCUT2D eigenvalue weighted by Gasteiger charge is -2.16. The number of methoxy groups -OCH3 is 1. The van der Waals surface area contributed by atoms with E-state index in [9.17, 15) is 14.4 Å². The Kier molecular flexibility index (Phi) is 6.15. The maximum atomic E-state index is 12.7. The number of anilines is 3. The van der Waals surface area contributed by atoms with Crippen molar-refractivity contribution in [1.29, 1.82) is 0 Å². The van der Waals surface area contributed by atoms with Crippen molar-refractivity contribution in [2.75, 3.05) is 31.3 Å². The molecule has 3 amide bonds. The second kappa shape index (κ2) is 10.7. The van der Waals surface area contributed by atoms with Crippen molar-refractivity contribution >= 4 is 35.1 Å². The summed E-state index contributed by atoms with van der Waals surface area (Å²) < 4.78 is 29.3. The van der Waals surface area contributed by atoms with Gasteiger partial charge >= 0.3 is 6.09 Å². The number of benzene rings is 1. The standard InChI is InChI=1S/C23H26N8O5/c1-24-22(33)19-17(10-18(29-30-19)28-21(32)13-6-7-13)27-16-5-3-4-15(20(16)36-2)14-11-26-31(12-14)9-8-25-23(34)35/h3-5,10-13,25H,6-9H2,1-2H3,(H,24,33)(H,34,35)(H2,27,28,29,32)/i1D3. The summed E-state index contributed by atoms with van der Waals surface area (Å²) in [5, 5.41) is 30.6. The fourth-order valence-corrected chi connectivity index (χ4v) is 3.48. The first-order valence-corrected chi connectivity index (χ1v) is 11.0. The fraction of sp³-hybridized carbons (Fsp3) is 0.304. The molecule has 1 aliphatic carbocycles. The number of ether oxygens (including phenoxy) is 1. The van der Waals surface area contributed by atoms with E-state index in [-0.39, 0.29) is 35.6 Å². The fourth-order valence-electron chi connectivity index (χ4n) is 3.48. The number of nitrogens with zero attached hydrogens (tertiary/aromatic N) is 4. The molecule has 0 bridgehead atoms. The maximum absolute atomic E-state index is 12.7. The monoisotopic (exact) mass is 497 g/mol. The van der Waals surface area contributed by atoms with Crippen LogP contribution in [0.1, 0.15) is 27.4 Å². The Morgan fingerprint density at radius 1 is 1.25 bits per heavy atom. The summed E-state index contributed by atoms with van der Waals surface area (Å²) in [6.45, 7) is -2.27. The van der Waals surface area contributed by atoms with E-state index in [1.807, 2.05) is 5.32 Å². The zero-order chi connectivity index (χ0) is 28.2. The van der Waals surface area contributed by atoms with Crippen molar-refractivity contribution in [3.05, 3.63) is 42.4 Å². The summed E-state index contributed by atoms with van der Waals surface area (Å²) in [7, 11) is 1.46. The number of amides is 3. The van der Waals surface area contributed by atoms with Crippen LogP contribution in [0.25, 0.3) is 11.1 Å². The quantitative estimate of drug-likeness (QED) is 0.281. The SMILES string of the molecule is [2H]C([2H])([2H])NC(=O)c1nnc(NC(=O)C2CC2)cc1Nc1cccc(-c2cnn(CCNC(=O)O)c2)c1OC. The molecule has 36 heavy (non-hydrogen) atoms. The highest BCUT2D eigenvalue weighted by Crippen LogP contribution is 2.38. The predicted octanol–water partition coefficient (Wildman–Crippen LogP) is 2.07. The molecule has 0 aliphatic heterocycles. The van der Waals surface area contributed by atoms with Crippen LogP contribution in [-0.4, -0.2) is 63.6 Å². The van der Waals surface area contributed by atoms with Crippen LogP contribution in [0, 0.1) is 5.92 Å². The van der Waals surface area contributed by atoms with Crippen LogP contribution >= 0.6 is 0 Å². The van der Waals surface area contributed by atoms with E-state index in [1.54, 1.807) is 35.3 Å². The average molecular weight is 498 g/mol. The zero-order valence-corrected chi connectivity index (χ0v) is 19.2. The second-order valence-corrected chi connectivity index (χ2v) is 7.94. The van der Waals surface area contributed by atoms with Gasteiger partial charge in [-0.25, -0.2) is 4.79 Å². The lowest BCUT2D eigenvalue weighted by molar-refractivity contribution is -0.117. The zero-order valence-electron chi connectivity index (χ0n) is 22.2. The number of para-hydroxylation sites is 1. The minimum Gasteiger partial charge on any atom is -0.494 e. The number of carbonyl (C=O) groups excluding carboxylic acids is 2. The largest absolute Gasteiger partial charge is 0.494 e. The Bertz CT molecular complexity index is 1390. The molecule has 4 rings (SSSR count). The molecule has 0 radical (unpaired) electrons. The van der Waals surface area contributed by atoms with Crippen molar-refractivity contribution in [3.8, 4) is 16.9 Å². The maximum Gasteiger partial charge on any atom is 0.404 e. The Labute approximate surface area is 210 Å². The van der Waals surface area contributed by atoms with Gasteiger partial charge in [0.25, 0.3) is 5.91 Å². The molecule has 13 heteroatoms. The number of hydrogen-bond donors (Lipinski definition) is 5. The van der Waals surface area contributed by atoms with Gasteiger partial charge in [0.05, 0.1) is 31.2 Å². The van der Waals surface area contributed by atoms with Gasteiger partial charge in [0.1, 0.15) is 5.75 Å². The van der Waals surface area contributed by atoms with E-state index in [0.29, 0.717) is 29.1 Å². The highest BCUT2D eigenvalue weighted by Gasteiger charge is 2.30. The van der Waals surface area contributed by atoms with Gasteiger partial charge in [-0.1, -0.05) is 12.1 Å². The van der Waals surface area contributed by atoms with E-state index in [4.69, 9.17) is 14.0 Å². The number of carbonyl (C=O) groups is 3. The number of hydrogen-bond acceptors (Lipinski definition) is 8. The first-order valence-electron chi connectivity index (χ1n) is 12.5. The molecular weight excluding hydrogens is 468 g/mol. The number of aromatic nitrogens is 4. The molecule has 0 spiro atoms. The molecule has 188 valence electrons. The normalized spacial score (nSPS) is 14.1. The predicted molar refractivity (Wildman–Crippen MR) is 130 cm³/mol. The van der Waals surface area contributed by atoms with E-state index in [0.717, 1.165) is 12.8 Å². The molecule has 2 heterocycles. The molecule has 1 fully saturated rings. The van der Waals surface area contributed by atoms with Crippen molar-refractivity contribution < 1.29 is 28.3 Å². The number of nitrogens with one attached hydrogen (secondary N) is 4. The van der Waals surface area contributed by atoms with Crippen LogP contribution in [0.5, 0.6) is 5.75 Å². The summed E-state index contributed by atoms with van der Waals surface area (Å²) in [6.07, 6.45) is 3.74. The molecule has 1 aromatic carbocycles. The van der Waals surface area contributed by atoms with Gasteiger partial charge in [-0.3, -0.25) is 14.3 Å². The summed E-state index contributed by atoms with van der Waals surface area (Å²) in [5.74, 6) is -0.838. The molecule has 0 atom stereocenters. The second-order valence-electron chi connectivity index (χ2n) is 7.94. The van der Waals surface area contributed by atoms with E-state index in [2.05, 4.69) is 31.2 Å². The van der Waals surface area contributed by atoms with Crippen LogP contribution in [-0.2, 0) is 11.3 Å². The molecular formula is C23H26N8O5. The van der Waals surface area contributed by atoms with Gasteiger partial charge in [-0.05, 0) is 18.9 Å². The lowest BCUT2D eigenvalue weighted by atomic mass is 10.1. The van der Waals surface area contributed by atoms with Crippen molar-refractivity contribution in [1.82, 2.24) is 30.6 Å². The van der Waals surface area contributed by atoms with Gasteiger partial charge in [0.15, 0.2) is 11.5 Å². The molecule has 5 N–H and O–H groups in total. The van der Waals surface area contributed by atoms with Crippen LogP contribution in [0.2, 0.25) is 0 Å². The third kappa shape index (κ3) is 5.68. The third-order valence-electron chi connectivity index (χ3n) is 5.37. The average Bonchev–Trinajstić information content (AvgIpc) is 3.61. The summed E-state index contributed by atoms with van der Waals surface area (Å²) >= 11 is 0. The van der Waals surface area contributed by atoms with Gasteiger partial charge in [0.2, 0.25) is 5.91 Å². The van der Waals surface area contributed by atoms with Crippen LogP contribution < -0.4 is 26.0 Å². The van der Waals surface area contributed by atoms with E-state index >= 15 is 0 Å². The topological polar surface area (TPSA) is 172 Å². The Morgan fingerprint density at radius 2 is 2.08 bits per heavy atom. The number of rotatable bonds is 10. The van der Waals surface area contributed by atoms with Crippen LogP contribution in [0.3, 0.4) is 0 Å². The smallest absolute Gasteiger partial charge is 0.404 e. The Hall–Kier alpha value is -4.68. The molecule has 2 aromatic heterocycles. The van der Waals surface area contributed by atoms with Crippen LogP contribution in [0.4, 0.5) is 22.0 Å². The first kappa shape index (κ1) is 20.7. The highest BCUT2D eigenvalue weighted by molar-refractivity contribution is 6.00. The Morgan fingerprint density at radius 3 is 2.81 bits per heavy atom. The molecule has 1 saturated carbocycles. The van der Waals surface area contributed by atoms with E-state index in [1.165, 1.54) is 13.2 Å². The molecule has 1 aliphatic rings. The van der Waals surface area contributed by atoms with Gasteiger partial charge in [0, 0.05) is 46.9 Å². The summed E-state index contributed by atoms with van der Waals surface area (Å²) in [5.41, 5.74) is 1.50. The number of carboxylic acid groups (broad SMARTS) is 1. The van der Waals surface area contributed by atoms with Crippen molar-refractivity contribution in [3.63, 3.8) is 0 Å². The van der Waals surface area contributed by atoms with Gasteiger partial charge in [-0.15, -0.1) is 10.2 Å². The third-order valence-corrected chi connectivity index (χ3v) is 5.37. The minimum atomic E-state index is -2.76. The van der Waals surface area contributed by atoms with Crippen LogP contribution in [0.15, 0.2) is 36.7 Å². The molecule has 0 unspecified atom stereocenters. The van der Waals surface area contributed by atoms with Crippen molar-refractivity contribution in [2.24, 2.45) is 5.92 Å². The molecule has 0 saturated heterocycles. The highest BCUT2D eigenvalue weighted by atomic mass is 16.5. The Balaban J connectivity index is 1.65.